The summed E-state index contributed by atoms with van der Waals surface area (Å²) in [6.45, 7) is 2.61. The molecule has 1 saturated heterocycles. The number of hydrogen-bond donors (Lipinski definition) is 1. The van der Waals surface area contributed by atoms with Crippen LogP contribution < -0.4 is 5.32 Å². The van der Waals surface area contributed by atoms with Gasteiger partial charge in [0.2, 0.25) is 5.91 Å². The Morgan fingerprint density at radius 2 is 2.12 bits per heavy atom. The van der Waals surface area contributed by atoms with Crippen LogP contribution in [-0.4, -0.2) is 43.7 Å². The number of nitrogens with zero attached hydrogens (tertiary/aromatic N) is 1. The summed E-state index contributed by atoms with van der Waals surface area (Å²) in [4.78, 5) is 16.2. The molecule has 5 nitrogen and oxygen atoms in total. The third-order valence-corrected chi connectivity index (χ3v) is 7.51. The second kappa shape index (κ2) is 9.49. The summed E-state index contributed by atoms with van der Waals surface area (Å²) in [5, 5.41) is 4.15. The van der Waals surface area contributed by atoms with Gasteiger partial charge in [-0.05, 0) is 54.6 Å². The summed E-state index contributed by atoms with van der Waals surface area (Å²) in [6, 6.07) is 14.6. The van der Waals surface area contributed by atoms with E-state index in [4.69, 9.17) is 21.1 Å². The fourth-order valence-electron chi connectivity index (χ4n) is 5.21. The van der Waals surface area contributed by atoms with Crippen molar-refractivity contribution < 1.29 is 14.3 Å². The molecule has 1 N–H and O–H groups in total. The second-order valence-electron chi connectivity index (χ2n) is 9.27. The van der Waals surface area contributed by atoms with Gasteiger partial charge in [-0.3, -0.25) is 4.79 Å². The minimum atomic E-state index is -0.634. The Morgan fingerprint density at radius 3 is 2.94 bits per heavy atom. The molecule has 174 valence electrons. The monoisotopic (exact) mass is 466 g/mol. The zero-order chi connectivity index (χ0) is 22.8. The van der Waals surface area contributed by atoms with E-state index in [2.05, 4.69) is 23.5 Å². The Balaban J connectivity index is 1.45. The van der Waals surface area contributed by atoms with Gasteiger partial charge in [0.1, 0.15) is 5.60 Å². The predicted molar refractivity (Wildman–Crippen MR) is 130 cm³/mol. The van der Waals surface area contributed by atoms with Crippen molar-refractivity contribution in [3.8, 4) is 0 Å². The van der Waals surface area contributed by atoms with Gasteiger partial charge < -0.3 is 19.7 Å². The van der Waals surface area contributed by atoms with Gasteiger partial charge in [0.25, 0.3) is 0 Å². The van der Waals surface area contributed by atoms with E-state index in [1.165, 1.54) is 5.56 Å². The molecule has 2 aliphatic heterocycles. The van der Waals surface area contributed by atoms with Gasteiger partial charge >= 0.3 is 0 Å². The maximum atomic E-state index is 14.2. The first-order valence-electron chi connectivity index (χ1n) is 11.8. The summed E-state index contributed by atoms with van der Waals surface area (Å²) in [5.41, 5.74) is 3.78. The highest BCUT2D eigenvalue weighted by Gasteiger charge is 2.52. The van der Waals surface area contributed by atoms with E-state index in [1.54, 1.807) is 13.4 Å². The standard InChI is InChI=1S/C27H31ClN2O3/c1-32-14-10-19-6-9-25(28)21(16-19)18-30(22-7-8-22)26(31)24-17-29-13-12-27(24)23-5-3-2-4-20(23)11-15-33-27/h2-6,9,11,15-16,22,24,29H,7-8,10,12-14,17-18H2,1H3/t24?,27-/m0/s1. The summed E-state index contributed by atoms with van der Waals surface area (Å²) >= 11 is 6.58. The quantitative estimate of drug-likeness (QED) is 0.651. The first-order chi connectivity index (χ1) is 16.1. The number of methoxy groups -OCH3 is 1. The van der Waals surface area contributed by atoms with E-state index in [9.17, 15) is 4.79 Å². The van der Waals surface area contributed by atoms with Crippen LogP contribution in [0.1, 0.15) is 41.5 Å². The lowest BCUT2D eigenvalue weighted by Gasteiger charge is -2.46. The van der Waals surface area contributed by atoms with Crippen molar-refractivity contribution in [2.24, 2.45) is 5.92 Å². The van der Waals surface area contributed by atoms with Gasteiger partial charge in [-0.15, -0.1) is 0 Å². The minimum Gasteiger partial charge on any atom is -0.489 e. The molecular formula is C27H31ClN2O3. The van der Waals surface area contributed by atoms with Crippen molar-refractivity contribution in [3.63, 3.8) is 0 Å². The van der Waals surface area contributed by atoms with Crippen molar-refractivity contribution >= 4 is 23.6 Å². The lowest BCUT2D eigenvalue weighted by molar-refractivity contribution is -0.151. The molecular weight excluding hydrogens is 436 g/mol. The molecule has 1 unspecified atom stereocenters. The molecule has 5 rings (SSSR count). The van der Waals surface area contributed by atoms with Crippen LogP contribution in [0.2, 0.25) is 5.02 Å². The number of halogens is 1. The highest BCUT2D eigenvalue weighted by atomic mass is 35.5. The third-order valence-electron chi connectivity index (χ3n) is 7.14. The van der Waals surface area contributed by atoms with Crippen molar-refractivity contribution in [2.45, 2.75) is 43.9 Å². The molecule has 1 aliphatic carbocycles. The van der Waals surface area contributed by atoms with Crippen LogP contribution in [-0.2, 0) is 32.8 Å². The first-order valence-corrected chi connectivity index (χ1v) is 12.2. The molecule has 6 heteroatoms. The second-order valence-corrected chi connectivity index (χ2v) is 9.68. The van der Waals surface area contributed by atoms with Gasteiger partial charge in [-0.2, -0.15) is 0 Å². The molecule has 2 heterocycles. The Hall–Kier alpha value is -2.34. The normalized spacial score (nSPS) is 23.8. The molecule has 0 radical (unpaired) electrons. The van der Waals surface area contributed by atoms with E-state index in [-0.39, 0.29) is 17.9 Å². The third kappa shape index (κ3) is 4.42. The molecule has 0 aromatic heterocycles. The highest BCUT2D eigenvalue weighted by molar-refractivity contribution is 6.31. The minimum absolute atomic E-state index is 0.146. The van der Waals surface area contributed by atoms with Crippen LogP contribution in [0.5, 0.6) is 0 Å². The molecule has 33 heavy (non-hydrogen) atoms. The van der Waals surface area contributed by atoms with Gasteiger partial charge in [-0.1, -0.05) is 48.0 Å². The molecule has 2 aromatic rings. The van der Waals surface area contributed by atoms with Crippen LogP contribution in [0.25, 0.3) is 6.08 Å². The topological polar surface area (TPSA) is 50.8 Å². The Bertz CT molecular complexity index is 1050. The summed E-state index contributed by atoms with van der Waals surface area (Å²) in [7, 11) is 1.71. The average Bonchev–Trinajstić information content (AvgIpc) is 3.68. The fourth-order valence-corrected chi connectivity index (χ4v) is 5.39. The Labute approximate surface area is 200 Å². The van der Waals surface area contributed by atoms with E-state index >= 15 is 0 Å². The summed E-state index contributed by atoms with van der Waals surface area (Å²) in [5.74, 6) is -0.151. The number of benzene rings is 2. The highest BCUT2D eigenvalue weighted by Crippen LogP contribution is 2.45. The van der Waals surface area contributed by atoms with E-state index in [1.807, 2.05) is 35.2 Å². The lowest BCUT2D eigenvalue weighted by atomic mass is 9.73. The smallest absolute Gasteiger partial charge is 0.231 e. The number of ether oxygens (including phenoxy) is 2. The lowest BCUT2D eigenvalue weighted by Crippen LogP contribution is -2.56. The number of nitrogens with one attached hydrogen (secondary N) is 1. The van der Waals surface area contributed by atoms with E-state index < -0.39 is 5.60 Å². The van der Waals surface area contributed by atoms with Gasteiger partial charge in [-0.25, -0.2) is 0 Å². The molecule has 0 bridgehead atoms. The van der Waals surface area contributed by atoms with Crippen LogP contribution in [0.4, 0.5) is 0 Å². The Morgan fingerprint density at radius 1 is 1.27 bits per heavy atom. The van der Waals surface area contributed by atoms with Gasteiger partial charge in [0.05, 0.1) is 18.8 Å². The van der Waals surface area contributed by atoms with Crippen molar-refractivity contribution in [2.75, 3.05) is 26.8 Å². The van der Waals surface area contributed by atoms with Gasteiger partial charge in [0, 0.05) is 43.2 Å². The average molecular weight is 467 g/mol. The van der Waals surface area contributed by atoms with Gasteiger partial charge in [0.15, 0.2) is 0 Å². The summed E-state index contributed by atoms with van der Waals surface area (Å²) in [6.07, 6.45) is 7.43. The zero-order valence-corrected chi connectivity index (χ0v) is 19.8. The Kier molecular flexibility index (Phi) is 6.46. The SMILES string of the molecule is COCCc1ccc(Cl)c(CN(C(=O)C2CNCC[C@@]23OC=Cc2ccccc23)C2CC2)c1. The van der Waals surface area contributed by atoms with Crippen molar-refractivity contribution in [3.05, 3.63) is 76.0 Å². The number of piperidine rings is 1. The largest absolute Gasteiger partial charge is 0.489 e. The number of carbonyl (C=O) groups is 1. The van der Waals surface area contributed by atoms with E-state index in [0.717, 1.165) is 48.9 Å². The predicted octanol–water partition coefficient (Wildman–Crippen LogP) is 4.53. The molecule has 2 fully saturated rings. The molecule has 3 aliphatic rings. The molecule has 1 spiro atoms. The first kappa shape index (κ1) is 22.5. The molecule has 2 aromatic carbocycles. The maximum absolute atomic E-state index is 14.2. The van der Waals surface area contributed by atoms with Crippen molar-refractivity contribution in [1.29, 1.82) is 0 Å². The number of hydrogen-bond acceptors (Lipinski definition) is 4. The van der Waals surface area contributed by atoms with Crippen LogP contribution in [0.15, 0.2) is 48.7 Å². The van der Waals surface area contributed by atoms with Crippen LogP contribution >= 0.6 is 11.6 Å². The van der Waals surface area contributed by atoms with Crippen LogP contribution in [0.3, 0.4) is 0 Å². The van der Waals surface area contributed by atoms with E-state index in [0.29, 0.717) is 24.7 Å². The molecule has 1 saturated carbocycles. The summed E-state index contributed by atoms with van der Waals surface area (Å²) < 4.78 is 11.6. The fraction of sp³-hybridized carbons (Fsp3) is 0.444. The molecule has 1 amide bonds. The number of fused-ring (bicyclic) bond motifs is 2. The van der Waals surface area contributed by atoms with Crippen LogP contribution in [0, 0.1) is 5.92 Å². The zero-order valence-electron chi connectivity index (χ0n) is 19.1. The maximum Gasteiger partial charge on any atom is 0.231 e. The molecule has 2 atom stereocenters. The van der Waals surface area contributed by atoms with Crippen molar-refractivity contribution in [1.82, 2.24) is 10.2 Å². The number of rotatable bonds is 7. The number of carbonyl (C=O) groups excluding carboxylic acids is 1. The number of amides is 1.